The summed E-state index contributed by atoms with van der Waals surface area (Å²) in [4.78, 5) is 10.7. The molecule has 0 heterocycles. The quantitative estimate of drug-likeness (QED) is 0.650. The Labute approximate surface area is 135 Å². The number of sulfonamides is 1. The second kappa shape index (κ2) is 6.89. The molecule has 122 valence electrons. The number of rotatable bonds is 6. The van der Waals surface area contributed by atoms with E-state index in [2.05, 4.69) is 4.72 Å². The van der Waals surface area contributed by atoms with Crippen LogP contribution in [0.5, 0.6) is 0 Å². The van der Waals surface area contributed by atoms with Crippen LogP contribution in [0.2, 0.25) is 0 Å². The van der Waals surface area contributed by atoms with Gasteiger partial charge < -0.3 is 0 Å². The Balaban J connectivity index is 2.41. The molecular weight excluding hydrogens is 316 g/mol. The summed E-state index contributed by atoms with van der Waals surface area (Å²) in [6.45, 7) is 3.38. The van der Waals surface area contributed by atoms with Crippen molar-refractivity contribution >= 4 is 15.7 Å². The van der Waals surface area contributed by atoms with E-state index in [1.54, 1.807) is 13.8 Å². The number of nitro benzene ring substituents is 1. The molecule has 2 aromatic rings. The van der Waals surface area contributed by atoms with E-state index < -0.39 is 14.9 Å². The predicted octanol–water partition coefficient (Wildman–Crippen LogP) is 2.87. The largest absolute Gasteiger partial charge is 0.274 e. The van der Waals surface area contributed by atoms with E-state index in [1.165, 1.54) is 12.1 Å². The normalized spacial score (nSPS) is 11.6. The molecule has 0 saturated heterocycles. The first-order chi connectivity index (χ1) is 10.8. The Bertz CT molecular complexity index is 802. The molecule has 0 bridgehead atoms. The molecule has 1 N–H and O–H groups in total. The fraction of sp³-hybridized carbons (Fsp3) is 0.250. The molecule has 0 unspecified atom stereocenters. The highest BCUT2D eigenvalue weighted by Crippen LogP contribution is 2.25. The van der Waals surface area contributed by atoms with Gasteiger partial charge in [-0.05, 0) is 25.5 Å². The fourth-order valence-corrected chi connectivity index (χ4v) is 3.50. The lowest BCUT2D eigenvalue weighted by Crippen LogP contribution is -2.30. The van der Waals surface area contributed by atoms with Gasteiger partial charge in [-0.1, -0.05) is 36.4 Å². The number of hydrogen-bond acceptors (Lipinski definition) is 4. The van der Waals surface area contributed by atoms with Gasteiger partial charge in [0.1, 0.15) is 0 Å². The lowest BCUT2D eigenvalue weighted by Gasteiger charge is -2.10. The van der Waals surface area contributed by atoms with E-state index in [4.69, 9.17) is 0 Å². The van der Waals surface area contributed by atoms with E-state index in [0.717, 1.165) is 11.6 Å². The number of nitrogens with one attached hydrogen (secondary N) is 1. The average molecular weight is 334 g/mol. The van der Waals surface area contributed by atoms with E-state index in [9.17, 15) is 18.5 Å². The van der Waals surface area contributed by atoms with E-state index in [0.29, 0.717) is 12.0 Å². The molecular formula is C16H18N2O4S. The molecule has 0 atom stereocenters. The summed E-state index contributed by atoms with van der Waals surface area (Å²) in [5.74, 6) is 0. The van der Waals surface area contributed by atoms with Gasteiger partial charge in [0.2, 0.25) is 10.0 Å². The Morgan fingerprint density at radius 2 is 1.78 bits per heavy atom. The van der Waals surface area contributed by atoms with Gasteiger partial charge in [0.25, 0.3) is 5.69 Å². The topological polar surface area (TPSA) is 89.3 Å². The minimum absolute atomic E-state index is 0.102. The van der Waals surface area contributed by atoms with Crippen molar-refractivity contribution in [2.45, 2.75) is 31.2 Å². The number of hydrogen-bond donors (Lipinski definition) is 1. The van der Waals surface area contributed by atoms with Crippen molar-refractivity contribution in [3.8, 4) is 0 Å². The second-order valence-corrected chi connectivity index (χ2v) is 7.20. The molecule has 7 heteroatoms. The van der Waals surface area contributed by atoms with Gasteiger partial charge in [-0.25, -0.2) is 13.1 Å². The molecule has 0 aliphatic rings. The third-order valence-electron chi connectivity index (χ3n) is 3.19. The SMILES string of the molecule is CC(C)NS(=O)(=O)c1ccc(Cc2ccccc2)c([N+](=O)[O-])c1. The molecule has 2 rings (SSSR count). The van der Waals surface area contributed by atoms with Crippen LogP contribution >= 0.6 is 0 Å². The van der Waals surface area contributed by atoms with Crippen molar-refractivity contribution in [1.82, 2.24) is 4.72 Å². The molecule has 6 nitrogen and oxygen atoms in total. The third kappa shape index (κ3) is 4.37. The van der Waals surface area contributed by atoms with Crippen LogP contribution in [0.25, 0.3) is 0 Å². The molecule has 0 amide bonds. The van der Waals surface area contributed by atoms with Crippen LogP contribution in [0.3, 0.4) is 0 Å². The second-order valence-electron chi connectivity index (χ2n) is 5.49. The Morgan fingerprint density at radius 1 is 1.13 bits per heavy atom. The van der Waals surface area contributed by atoms with Gasteiger partial charge >= 0.3 is 0 Å². The van der Waals surface area contributed by atoms with Crippen LogP contribution < -0.4 is 4.72 Å². The van der Waals surface area contributed by atoms with Crippen molar-refractivity contribution in [2.75, 3.05) is 0 Å². The first-order valence-electron chi connectivity index (χ1n) is 7.13. The number of benzene rings is 2. The third-order valence-corrected chi connectivity index (χ3v) is 4.85. The van der Waals surface area contributed by atoms with E-state index >= 15 is 0 Å². The zero-order valence-corrected chi connectivity index (χ0v) is 13.7. The fourth-order valence-electron chi connectivity index (χ4n) is 2.22. The van der Waals surface area contributed by atoms with Crippen LogP contribution in [0.1, 0.15) is 25.0 Å². The standard InChI is InChI=1S/C16H18N2O4S/c1-12(2)17-23(21,22)15-9-8-14(16(11-15)18(19)20)10-13-6-4-3-5-7-13/h3-9,11-12,17H,10H2,1-2H3. The smallest absolute Gasteiger partial charge is 0.258 e. The van der Waals surface area contributed by atoms with Crippen molar-refractivity contribution in [3.05, 3.63) is 69.8 Å². The molecule has 2 aromatic carbocycles. The van der Waals surface area contributed by atoms with Gasteiger partial charge in [0.05, 0.1) is 9.82 Å². The van der Waals surface area contributed by atoms with E-state index in [-0.39, 0.29) is 16.6 Å². The van der Waals surface area contributed by atoms with Crippen molar-refractivity contribution in [2.24, 2.45) is 0 Å². The Morgan fingerprint density at radius 3 is 2.35 bits per heavy atom. The minimum atomic E-state index is -3.76. The van der Waals surface area contributed by atoms with Crippen molar-refractivity contribution < 1.29 is 13.3 Å². The van der Waals surface area contributed by atoms with Gasteiger partial charge in [-0.3, -0.25) is 10.1 Å². The minimum Gasteiger partial charge on any atom is -0.258 e. The van der Waals surface area contributed by atoms with Crippen LogP contribution in [-0.2, 0) is 16.4 Å². The molecule has 0 fully saturated rings. The lowest BCUT2D eigenvalue weighted by molar-refractivity contribution is -0.385. The zero-order valence-electron chi connectivity index (χ0n) is 12.9. The first-order valence-corrected chi connectivity index (χ1v) is 8.61. The van der Waals surface area contributed by atoms with Gasteiger partial charge in [-0.2, -0.15) is 0 Å². The van der Waals surface area contributed by atoms with Crippen LogP contribution in [0, 0.1) is 10.1 Å². The van der Waals surface area contributed by atoms with Crippen LogP contribution in [-0.4, -0.2) is 19.4 Å². The summed E-state index contributed by atoms with van der Waals surface area (Å²) in [5, 5.41) is 11.3. The number of nitro groups is 1. The average Bonchev–Trinajstić information content (AvgIpc) is 2.47. The molecule has 0 aliphatic heterocycles. The monoisotopic (exact) mass is 334 g/mol. The van der Waals surface area contributed by atoms with Crippen LogP contribution in [0.4, 0.5) is 5.69 Å². The highest BCUT2D eigenvalue weighted by Gasteiger charge is 2.22. The maximum absolute atomic E-state index is 12.2. The van der Waals surface area contributed by atoms with Gasteiger partial charge in [0.15, 0.2) is 0 Å². The maximum atomic E-state index is 12.2. The molecule has 0 saturated carbocycles. The summed E-state index contributed by atoms with van der Waals surface area (Å²) >= 11 is 0. The highest BCUT2D eigenvalue weighted by atomic mass is 32.2. The molecule has 0 radical (unpaired) electrons. The summed E-state index contributed by atoms with van der Waals surface area (Å²) in [6.07, 6.45) is 0.370. The Kier molecular flexibility index (Phi) is 5.12. The van der Waals surface area contributed by atoms with Crippen molar-refractivity contribution in [1.29, 1.82) is 0 Å². The molecule has 0 spiro atoms. The molecule has 23 heavy (non-hydrogen) atoms. The summed E-state index contributed by atoms with van der Waals surface area (Å²) in [5.41, 5.74) is 1.21. The molecule has 0 aliphatic carbocycles. The molecule has 0 aromatic heterocycles. The van der Waals surface area contributed by atoms with E-state index in [1.807, 2.05) is 30.3 Å². The lowest BCUT2D eigenvalue weighted by atomic mass is 10.0. The summed E-state index contributed by atoms with van der Waals surface area (Å²) in [7, 11) is -3.76. The van der Waals surface area contributed by atoms with Crippen molar-refractivity contribution in [3.63, 3.8) is 0 Å². The van der Waals surface area contributed by atoms with Gasteiger partial charge in [0, 0.05) is 24.1 Å². The zero-order chi connectivity index (χ0) is 17.0. The van der Waals surface area contributed by atoms with Gasteiger partial charge in [-0.15, -0.1) is 0 Å². The summed E-state index contributed by atoms with van der Waals surface area (Å²) in [6, 6.07) is 13.0. The number of nitrogens with zero attached hydrogens (tertiary/aromatic N) is 1. The highest BCUT2D eigenvalue weighted by molar-refractivity contribution is 7.89. The first kappa shape index (κ1) is 17.1. The summed E-state index contributed by atoms with van der Waals surface area (Å²) < 4.78 is 26.7. The van der Waals surface area contributed by atoms with Crippen LogP contribution in [0.15, 0.2) is 53.4 Å². The maximum Gasteiger partial charge on any atom is 0.274 e. The predicted molar refractivity (Wildman–Crippen MR) is 87.8 cm³/mol. The Hall–Kier alpha value is -2.25.